The summed E-state index contributed by atoms with van der Waals surface area (Å²) >= 11 is 0. The summed E-state index contributed by atoms with van der Waals surface area (Å²) < 4.78 is 1.91. The van der Waals surface area contributed by atoms with Crippen molar-refractivity contribution in [2.45, 2.75) is 102 Å². The molecule has 4 bridgehead atoms. The van der Waals surface area contributed by atoms with E-state index in [9.17, 15) is 9.90 Å². The van der Waals surface area contributed by atoms with Crippen LogP contribution in [0.25, 0.3) is 5.65 Å². The van der Waals surface area contributed by atoms with Crippen LogP contribution in [-0.4, -0.2) is 48.7 Å². The zero-order valence-corrected chi connectivity index (χ0v) is 20.5. The van der Waals surface area contributed by atoms with Gasteiger partial charge < -0.3 is 10.0 Å². The molecule has 1 atom stereocenters. The van der Waals surface area contributed by atoms with Crippen LogP contribution in [0.2, 0.25) is 0 Å². The fraction of sp³-hybridized carbons (Fsp3) is 0.741. The first kappa shape index (κ1) is 21.6. The van der Waals surface area contributed by atoms with Gasteiger partial charge in [0.25, 0.3) is 5.91 Å². The molecule has 4 aliphatic carbocycles. The van der Waals surface area contributed by atoms with Gasteiger partial charge in [-0.25, -0.2) is 9.50 Å². The third-order valence-electron chi connectivity index (χ3n) is 9.24. The number of aliphatic hydroxyl groups excluding tert-OH is 1. The number of likely N-dealkylation sites (tertiary alicyclic amines) is 1. The van der Waals surface area contributed by atoms with E-state index in [1.807, 2.05) is 29.3 Å². The molecular weight excluding hydrogens is 412 g/mol. The maximum atomic E-state index is 13.5. The second-order valence-electron chi connectivity index (χ2n) is 12.6. The van der Waals surface area contributed by atoms with Gasteiger partial charge >= 0.3 is 0 Å². The van der Waals surface area contributed by atoms with Crippen molar-refractivity contribution in [3.05, 3.63) is 29.2 Å². The van der Waals surface area contributed by atoms with Crippen molar-refractivity contribution >= 4 is 11.6 Å². The van der Waals surface area contributed by atoms with Gasteiger partial charge in [-0.05, 0) is 95.0 Å². The van der Waals surface area contributed by atoms with E-state index in [0.717, 1.165) is 29.1 Å². The van der Waals surface area contributed by atoms with E-state index < -0.39 is 0 Å². The van der Waals surface area contributed by atoms with Gasteiger partial charge in [0.1, 0.15) is 0 Å². The molecule has 0 aromatic carbocycles. The lowest BCUT2D eigenvalue weighted by Crippen LogP contribution is -2.54. The van der Waals surface area contributed by atoms with E-state index in [2.05, 4.69) is 19.9 Å². The van der Waals surface area contributed by atoms with E-state index in [1.54, 1.807) is 0 Å². The predicted octanol–water partition coefficient (Wildman–Crippen LogP) is 4.70. The van der Waals surface area contributed by atoms with Gasteiger partial charge in [0.15, 0.2) is 11.3 Å². The molecule has 1 saturated heterocycles. The molecule has 6 nitrogen and oxygen atoms in total. The molecule has 0 spiro atoms. The van der Waals surface area contributed by atoms with Gasteiger partial charge in [0.2, 0.25) is 0 Å². The molecule has 7 rings (SSSR count). The number of rotatable bonds is 3. The molecule has 4 saturated carbocycles. The van der Waals surface area contributed by atoms with Crippen molar-refractivity contribution in [1.82, 2.24) is 19.5 Å². The van der Waals surface area contributed by atoms with Crippen LogP contribution in [0.1, 0.15) is 107 Å². The molecule has 178 valence electrons. The van der Waals surface area contributed by atoms with Crippen LogP contribution in [0.3, 0.4) is 0 Å². The van der Waals surface area contributed by atoms with E-state index >= 15 is 0 Å². The molecule has 5 aliphatic rings. The number of amides is 1. The summed E-state index contributed by atoms with van der Waals surface area (Å²) in [5, 5.41) is 14.9. The number of nitrogens with zero attached hydrogens (tertiary/aromatic N) is 4. The second kappa shape index (κ2) is 7.27. The molecule has 1 amide bonds. The molecule has 1 unspecified atom stereocenters. The second-order valence-corrected chi connectivity index (χ2v) is 12.6. The Balaban J connectivity index is 1.40. The Morgan fingerprint density at radius 1 is 1.06 bits per heavy atom. The third-order valence-corrected chi connectivity index (χ3v) is 9.24. The number of carbonyl (C=O) groups is 1. The summed E-state index contributed by atoms with van der Waals surface area (Å²) in [4.78, 5) is 20.6. The fourth-order valence-electron chi connectivity index (χ4n) is 8.09. The van der Waals surface area contributed by atoms with Crippen molar-refractivity contribution in [3.8, 4) is 0 Å². The van der Waals surface area contributed by atoms with Crippen LogP contribution in [0.5, 0.6) is 0 Å². The topological polar surface area (TPSA) is 70.7 Å². The van der Waals surface area contributed by atoms with Gasteiger partial charge in [0, 0.05) is 29.3 Å². The van der Waals surface area contributed by atoms with Gasteiger partial charge in [-0.3, -0.25) is 4.79 Å². The summed E-state index contributed by atoms with van der Waals surface area (Å²) in [6.07, 6.45) is 8.98. The highest BCUT2D eigenvalue weighted by atomic mass is 16.3. The smallest absolute Gasteiger partial charge is 0.274 e. The van der Waals surface area contributed by atoms with Gasteiger partial charge in [0.05, 0.1) is 11.8 Å². The van der Waals surface area contributed by atoms with Crippen LogP contribution in [0.4, 0.5) is 0 Å². The number of aromatic nitrogens is 3. The standard InChI is InChI=1S/C27H38N4O2/c1-16(2)22-11-23(27-12-17-7-18(13-27)9-19(8-17)14-27)28-24-10-21(29-31(22)24)25(33)30-6-5-20(32)15-26(30,3)4/h10-11,16-20,32H,5-9,12-15H2,1-4H3. The van der Waals surface area contributed by atoms with Crippen molar-refractivity contribution in [1.29, 1.82) is 0 Å². The Bertz CT molecular complexity index is 1070. The highest BCUT2D eigenvalue weighted by Crippen LogP contribution is 2.60. The molecule has 33 heavy (non-hydrogen) atoms. The molecule has 5 fully saturated rings. The van der Waals surface area contributed by atoms with E-state index in [1.165, 1.54) is 44.2 Å². The maximum absolute atomic E-state index is 13.5. The Kier molecular flexibility index (Phi) is 4.75. The van der Waals surface area contributed by atoms with Crippen LogP contribution in [0, 0.1) is 17.8 Å². The predicted molar refractivity (Wildman–Crippen MR) is 127 cm³/mol. The number of carbonyl (C=O) groups excluding carboxylic acids is 1. The Morgan fingerprint density at radius 2 is 1.70 bits per heavy atom. The highest BCUT2D eigenvalue weighted by molar-refractivity contribution is 5.94. The molecule has 2 aromatic rings. The SMILES string of the molecule is CC(C)c1cc(C23CC4CC(CC(C4)C2)C3)nc2cc(C(=O)N3CCC(O)CC3(C)C)nn12. The summed E-state index contributed by atoms with van der Waals surface area (Å²) in [6, 6.07) is 4.21. The summed E-state index contributed by atoms with van der Waals surface area (Å²) in [5.41, 5.74) is 3.51. The first-order valence-corrected chi connectivity index (χ1v) is 13.0. The summed E-state index contributed by atoms with van der Waals surface area (Å²) in [6.45, 7) is 9.04. The van der Waals surface area contributed by atoms with Crippen molar-refractivity contribution in [2.24, 2.45) is 17.8 Å². The van der Waals surface area contributed by atoms with E-state index in [4.69, 9.17) is 10.1 Å². The minimum atomic E-state index is -0.386. The van der Waals surface area contributed by atoms with E-state index in [0.29, 0.717) is 31.0 Å². The zero-order valence-electron chi connectivity index (χ0n) is 20.5. The minimum Gasteiger partial charge on any atom is -0.393 e. The molecule has 2 aromatic heterocycles. The summed E-state index contributed by atoms with van der Waals surface area (Å²) in [5.74, 6) is 2.86. The minimum absolute atomic E-state index is 0.0524. The lowest BCUT2D eigenvalue weighted by atomic mass is 9.49. The van der Waals surface area contributed by atoms with Crippen molar-refractivity contribution in [3.63, 3.8) is 0 Å². The Labute approximate surface area is 196 Å². The van der Waals surface area contributed by atoms with Crippen molar-refractivity contribution in [2.75, 3.05) is 6.54 Å². The molecular formula is C27H38N4O2. The number of fused-ring (bicyclic) bond motifs is 1. The number of aliphatic hydroxyl groups is 1. The molecule has 0 radical (unpaired) electrons. The Morgan fingerprint density at radius 3 is 2.27 bits per heavy atom. The van der Waals surface area contributed by atoms with Crippen LogP contribution >= 0.6 is 0 Å². The quantitative estimate of drug-likeness (QED) is 0.736. The molecule has 3 heterocycles. The van der Waals surface area contributed by atoms with Crippen LogP contribution in [-0.2, 0) is 5.41 Å². The van der Waals surface area contributed by atoms with Crippen molar-refractivity contribution < 1.29 is 9.90 Å². The van der Waals surface area contributed by atoms with Gasteiger partial charge in [-0.2, -0.15) is 5.10 Å². The first-order valence-electron chi connectivity index (χ1n) is 13.0. The molecule has 1 N–H and O–H groups in total. The average Bonchev–Trinajstić information content (AvgIpc) is 3.15. The monoisotopic (exact) mass is 450 g/mol. The fourth-order valence-corrected chi connectivity index (χ4v) is 8.09. The van der Waals surface area contributed by atoms with Crippen LogP contribution in [0.15, 0.2) is 12.1 Å². The zero-order chi connectivity index (χ0) is 23.1. The van der Waals surface area contributed by atoms with Gasteiger partial charge in [-0.15, -0.1) is 0 Å². The largest absolute Gasteiger partial charge is 0.393 e. The van der Waals surface area contributed by atoms with Gasteiger partial charge in [-0.1, -0.05) is 13.8 Å². The Hall–Kier alpha value is -1.95. The number of hydrogen-bond acceptors (Lipinski definition) is 4. The number of hydrogen-bond donors (Lipinski definition) is 1. The summed E-state index contributed by atoms with van der Waals surface area (Å²) in [7, 11) is 0. The highest BCUT2D eigenvalue weighted by Gasteiger charge is 2.52. The molecule has 1 aliphatic heterocycles. The first-order chi connectivity index (χ1) is 15.6. The molecule has 6 heteroatoms. The third kappa shape index (κ3) is 3.43. The lowest BCUT2D eigenvalue weighted by molar-refractivity contribution is -0.00721. The maximum Gasteiger partial charge on any atom is 0.274 e. The number of piperidine rings is 1. The van der Waals surface area contributed by atoms with E-state index in [-0.39, 0.29) is 23.0 Å². The van der Waals surface area contributed by atoms with Crippen LogP contribution < -0.4 is 0 Å². The normalized spacial score (nSPS) is 35.0. The average molecular weight is 451 g/mol. The lowest BCUT2D eigenvalue weighted by Gasteiger charge is -2.56.